The third kappa shape index (κ3) is 1.92. The molecule has 2 nitrogen and oxygen atoms in total. The predicted molar refractivity (Wildman–Crippen MR) is 65.9 cm³/mol. The van der Waals surface area contributed by atoms with Crippen LogP contribution < -0.4 is 0 Å². The summed E-state index contributed by atoms with van der Waals surface area (Å²) in [6, 6.07) is 7.86. The number of carbonyl (C=O) groups is 1. The van der Waals surface area contributed by atoms with Gasteiger partial charge in [0.05, 0.1) is 11.7 Å². The minimum Gasteiger partial charge on any atom is -0.492 e. The normalized spacial score (nSPS) is 22.9. The van der Waals surface area contributed by atoms with E-state index >= 15 is 0 Å². The molecule has 2 rings (SSSR count). The Morgan fingerprint density at radius 1 is 1.25 bits per heavy atom. The molecule has 0 saturated carbocycles. The van der Waals surface area contributed by atoms with E-state index in [9.17, 15) is 4.79 Å². The largest absolute Gasteiger partial charge is 0.492 e. The Labute approximate surface area is 103 Å². The lowest BCUT2D eigenvalue weighted by Gasteiger charge is -2.34. The summed E-state index contributed by atoms with van der Waals surface area (Å²) in [5, 5.41) is 0. The average Bonchev–Trinajstić information content (AvgIpc) is 2.24. The first-order valence-corrected chi connectivity index (χ1v) is 5.93. The maximum absolute atomic E-state index is 11.8. The number of allylic oxidation sites excluding steroid dienone is 1. The van der Waals surface area contributed by atoms with Crippen molar-refractivity contribution in [2.24, 2.45) is 5.41 Å². The number of benzene rings is 1. The molecule has 0 aliphatic carbocycles. The second-order valence-electron chi connectivity index (χ2n) is 4.46. The van der Waals surface area contributed by atoms with Crippen LogP contribution in [0.1, 0.15) is 25.5 Å². The molecule has 1 aliphatic heterocycles. The zero-order chi connectivity index (χ0) is 11.8. The molecular weight excluding hydrogens is 268 g/mol. The molecule has 0 bridgehead atoms. The van der Waals surface area contributed by atoms with E-state index in [4.69, 9.17) is 4.74 Å². The summed E-state index contributed by atoms with van der Waals surface area (Å²) in [6.45, 7) is 3.82. The van der Waals surface area contributed by atoms with E-state index in [1.807, 2.05) is 38.1 Å². The van der Waals surface area contributed by atoms with Gasteiger partial charge in [0.15, 0.2) is 5.78 Å². The molecule has 0 N–H and O–H groups in total. The van der Waals surface area contributed by atoms with Gasteiger partial charge in [-0.2, -0.15) is 0 Å². The first-order valence-electron chi connectivity index (χ1n) is 5.14. The highest BCUT2D eigenvalue weighted by Gasteiger charge is 2.39. The predicted octanol–water partition coefficient (Wildman–Crippen LogP) is 3.63. The highest BCUT2D eigenvalue weighted by atomic mass is 79.9. The molecule has 0 aromatic heterocycles. The van der Waals surface area contributed by atoms with Crippen LogP contribution >= 0.6 is 15.9 Å². The highest BCUT2D eigenvalue weighted by molar-refractivity contribution is 9.10. The van der Waals surface area contributed by atoms with E-state index in [0.717, 1.165) is 10.0 Å². The summed E-state index contributed by atoms with van der Waals surface area (Å²) >= 11 is 3.39. The van der Waals surface area contributed by atoms with E-state index in [1.54, 1.807) is 0 Å². The molecule has 84 valence electrons. The summed E-state index contributed by atoms with van der Waals surface area (Å²) < 4.78 is 6.59. The molecule has 1 aromatic carbocycles. The van der Waals surface area contributed by atoms with Crippen molar-refractivity contribution >= 4 is 21.7 Å². The number of carbonyl (C=O) groups excluding carboxylic acids is 1. The Balaban J connectivity index is 2.37. The topological polar surface area (TPSA) is 26.3 Å². The summed E-state index contributed by atoms with van der Waals surface area (Å²) in [5.41, 5.74) is 0.508. The van der Waals surface area contributed by atoms with Crippen molar-refractivity contribution in [3.05, 3.63) is 46.6 Å². The maximum atomic E-state index is 11.8. The summed E-state index contributed by atoms with van der Waals surface area (Å²) in [5.74, 6) is 0.103. The van der Waals surface area contributed by atoms with Gasteiger partial charge >= 0.3 is 0 Å². The van der Waals surface area contributed by atoms with Crippen molar-refractivity contribution in [2.75, 3.05) is 0 Å². The third-order valence-electron chi connectivity index (χ3n) is 2.90. The Kier molecular flexibility index (Phi) is 2.89. The van der Waals surface area contributed by atoms with Crippen molar-refractivity contribution in [1.82, 2.24) is 0 Å². The van der Waals surface area contributed by atoms with Gasteiger partial charge in [0.1, 0.15) is 6.10 Å². The van der Waals surface area contributed by atoms with E-state index in [1.165, 1.54) is 12.3 Å². The fourth-order valence-electron chi connectivity index (χ4n) is 1.83. The zero-order valence-electron chi connectivity index (χ0n) is 9.24. The van der Waals surface area contributed by atoms with Gasteiger partial charge < -0.3 is 4.74 Å². The quantitative estimate of drug-likeness (QED) is 0.785. The summed E-state index contributed by atoms with van der Waals surface area (Å²) in [4.78, 5) is 11.8. The Morgan fingerprint density at radius 2 is 1.88 bits per heavy atom. The van der Waals surface area contributed by atoms with E-state index in [0.29, 0.717) is 0 Å². The molecule has 0 fully saturated rings. The average molecular weight is 281 g/mol. The lowest BCUT2D eigenvalue weighted by atomic mass is 9.78. The zero-order valence-corrected chi connectivity index (χ0v) is 10.8. The summed E-state index contributed by atoms with van der Waals surface area (Å²) in [7, 11) is 0. The molecule has 1 aromatic rings. The summed E-state index contributed by atoms with van der Waals surface area (Å²) in [6.07, 6.45) is 2.77. The molecule has 0 unspecified atom stereocenters. The Hall–Kier alpha value is -1.09. The lowest BCUT2D eigenvalue weighted by molar-refractivity contribution is -0.131. The number of rotatable bonds is 1. The fourth-order valence-corrected chi connectivity index (χ4v) is 2.09. The second-order valence-corrected chi connectivity index (χ2v) is 5.37. The molecule has 1 heterocycles. The van der Waals surface area contributed by atoms with Crippen molar-refractivity contribution in [3.8, 4) is 0 Å². The first kappa shape index (κ1) is 11.4. The Morgan fingerprint density at radius 3 is 2.50 bits per heavy atom. The molecule has 3 heteroatoms. The fraction of sp³-hybridized carbons (Fsp3) is 0.308. The van der Waals surface area contributed by atoms with Gasteiger partial charge in [-0.25, -0.2) is 0 Å². The SMILES string of the molecule is CC1(C)C(=O)C=CO[C@@H]1c1ccc(Br)cc1. The van der Waals surface area contributed by atoms with Gasteiger partial charge in [0.25, 0.3) is 0 Å². The second kappa shape index (κ2) is 4.06. The molecule has 0 radical (unpaired) electrons. The smallest absolute Gasteiger partial charge is 0.168 e. The highest BCUT2D eigenvalue weighted by Crippen LogP contribution is 2.40. The van der Waals surface area contributed by atoms with Crippen LogP contribution in [-0.4, -0.2) is 5.78 Å². The van der Waals surface area contributed by atoms with Gasteiger partial charge in [0, 0.05) is 10.5 Å². The minimum atomic E-state index is -0.511. The van der Waals surface area contributed by atoms with Crippen LogP contribution in [-0.2, 0) is 9.53 Å². The van der Waals surface area contributed by atoms with Crippen LogP contribution in [0.25, 0.3) is 0 Å². The number of ether oxygens (including phenoxy) is 1. The Bertz CT molecular complexity index is 432. The molecule has 1 atom stereocenters. The maximum Gasteiger partial charge on any atom is 0.168 e. The number of hydrogen-bond donors (Lipinski definition) is 0. The van der Waals surface area contributed by atoms with E-state index in [-0.39, 0.29) is 11.9 Å². The third-order valence-corrected chi connectivity index (χ3v) is 3.43. The number of halogens is 1. The van der Waals surface area contributed by atoms with Gasteiger partial charge in [-0.15, -0.1) is 0 Å². The van der Waals surface area contributed by atoms with Crippen molar-refractivity contribution in [3.63, 3.8) is 0 Å². The monoisotopic (exact) mass is 280 g/mol. The molecule has 0 saturated heterocycles. The van der Waals surface area contributed by atoms with Gasteiger partial charge in [-0.1, -0.05) is 28.1 Å². The van der Waals surface area contributed by atoms with E-state index < -0.39 is 5.41 Å². The van der Waals surface area contributed by atoms with Gasteiger partial charge in [-0.3, -0.25) is 4.79 Å². The van der Waals surface area contributed by atoms with Crippen LogP contribution in [0.4, 0.5) is 0 Å². The van der Waals surface area contributed by atoms with Crippen LogP contribution in [0.3, 0.4) is 0 Å². The molecule has 0 amide bonds. The number of hydrogen-bond acceptors (Lipinski definition) is 2. The molecule has 0 spiro atoms. The van der Waals surface area contributed by atoms with Crippen molar-refractivity contribution < 1.29 is 9.53 Å². The van der Waals surface area contributed by atoms with Crippen LogP contribution in [0.5, 0.6) is 0 Å². The minimum absolute atomic E-state index is 0.103. The van der Waals surface area contributed by atoms with Gasteiger partial charge in [0.2, 0.25) is 0 Å². The van der Waals surface area contributed by atoms with E-state index in [2.05, 4.69) is 15.9 Å². The lowest BCUT2D eigenvalue weighted by Crippen LogP contribution is -2.33. The van der Waals surface area contributed by atoms with Crippen LogP contribution in [0.15, 0.2) is 41.1 Å². The molecule has 16 heavy (non-hydrogen) atoms. The molecule has 1 aliphatic rings. The first-order chi connectivity index (χ1) is 7.51. The van der Waals surface area contributed by atoms with Crippen LogP contribution in [0, 0.1) is 5.41 Å². The molecular formula is C13H13BrO2. The standard InChI is InChI=1S/C13H13BrO2/c1-13(2)11(15)7-8-16-12(13)9-3-5-10(14)6-4-9/h3-8,12H,1-2H3/t12-/m1/s1. The van der Waals surface area contributed by atoms with Gasteiger partial charge in [-0.05, 0) is 31.5 Å². The van der Waals surface area contributed by atoms with Crippen molar-refractivity contribution in [1.29, 1.82) is 0 Å². The number of ketones is 1. The van der Waals surface area contributed by atoms with Crippen molar-refractivity contribution in [2.45, 2.75) is 20.0 Å². The van der Waals surface area contributed by atoms with Crippen LogP contribution in [0.2, 0.25) is 0 Å².